The van der Waals surface area contributed by atoms with Crippen LogP contribution in [-0.2, 0) is 5.92 Å². The number of rotatable bonds is 6. The highest BCUT2D eigenvalue weighted by atomic mass is 19.3. The van der Waals surface area contributed by atoms with E-state index in [0.29, 0.717) is 0 Å². The van der Waals surface area contributed by atoms with Gasteiger partial charge < -0.3 is 14.8 Å². The van der Waals surface area contributed by atoms with Crippen LogP contribution in [0.5, 0.6) is 11.5 Å². The number of Topliss-reactive ketones (excluding diaryl/α,β-unsaturated/α-hetero) is 1. The molecule has 106 valence electrons. The number of likely N-dealkylation sites (N-methyl/N-ethyl adjacent to an activating group) is 1. The van der Waals surface area contributed by atoms with Gasteiger partial charge in [0, 0.05) is 12.5 Å². The zero-order valence-corrected chi connectivity index (χ0v) is 11.3. The lowest BCUT2D eigenvalue weighted by Crippen LogP contribution is -2.20. The normalized spacial score (nSPS) is 11.3. The molecule has 6 heteroatoms. The third-order valence-corrected chi connectivity index (χ3v) is 2.62. The van der Waals surface area contributed by atoms with Crippen molar-refractivity contribution in [2.45, 2.75) is 12.8 Å². The first-order valence-corrected chi connectivity index (χ1v) is 5.67. The summed E-state index contributed by atoms with van der Waals surface area (Å²) in [6.45, 7) is 0.791. The Hall–Kier alpha value is -1.69. The molecule has 19 heavy (non-hydrogen) atoms. The van der Waals surface area contributed by atoms with Crippen LogP contribution in [0.4, 0.5) is 8.78 Å². The Balaban J connectivity index is 3.44. The quantitative estimate of drug-likeness (QED) is 0.807. The predicted octanol–water partition coefficient (Wildman–Crippen LogP) is 2.22. The second-order valence-electron chi connectivity index (χ2n) is 4.10. The van der Waals surface area contributed by atoms with E-state index >= 15 is 0 Å². The lowest BCUT2D eigenvalue weighted by Gasteiger charge is -2.17. The molecule has 0 aliphatic rings. The molecule has 0 fully saturated rings. The van der Waals surface area contributed by atoms with Crippen molar-refractivity contribution in [2.75, 3.05) is 27.8 Å². The number of ketones is 1. The molecule has 1 aromatic carbocycles. The van der Waals surface area contributed by atoms with Gasteiger partial charge in [-0.3, -0.25) is 4.79 Å². The molecule has 0 aromatic heterocycles. The molecule has 0 saturated heterocycles. The smallest absolute Gasteiger partial charge is 0.270 e. The molecule has 0 aliphatic heterocycles. The summed E-state index contributed by atoms with van der Waals surface area (Å²) in [6.07, 6.45) is 0. The summed E-state index contributed by atoms with van der Waals surface area (Å²) >= 11 is 0. The maximum Gasteiger partial charge on any atom is 0.270 e. The highest BCUT2D eigenvalue weighted by molar-refractivity contribution is 6.01. The number of hydrogen-bond acceptors (Lipinski definition) is 4. The molecule has 0 atom stereocenters. The highest BCUT2D eigenvalue weighted by Gasteiger charge is 2.29. The maximum absolute atomic E-state index is 13.4. The molecule has 0 radical (unpaired) electrons. The van der Waals surface area contributed by atoms with Gasteiger partial charge in [-0.2, -0.15) is 0 Å². The standard InChI is InChI=1S/C13H17F2NO3/c1-13(14,15)8-5-9(10(17)7-16-2)12(19-4)11(6-8)18-3/h5-6,16H,7H2,1-4H3. The fraction of sp³-hybridized carbons (Fsp3) is 0.462. The summed E-state index contributed by atoms with van der Waals surface area (Å²) in [5.74, 6) is -3.13. The summed E-state index contributed by atoms with van der Waals surface area (Å²) in [6, 6.07) is 2.32. The van der Waals surface area contributed by atoms with Crippen LogP contribution in [0.2, 0.25) is 0 Å². The monoisotopic (exact) mass is 273 g/mol. The van der Waals surface area contributed by atoms with Crippen molar-refractivity contribution in [3.63, 3.8) is 0 Å². The molecule has 0 unspecified atom stereocenters. The number of carbonyl (C=O) groups excluding carboxylic acids is 1. The molecule has 0 amide bonds. The molecule has 1 N–H and O–H groups in total. The molecule has 1 aromatic rings. The van der Waals surface area contributed by atoms with Gasteiger partial charge in [0.05, 0.1) is 26.3 Å². The maximum atomic E-state index is 13.4. The number of benzene rings is 1. The number of alkyl halides is 2. The lowest BCUT2D eigenvalue weighted by molar-refractivity contribution is 0.0171. The van der Waals surface area contributed by atoms with Crippen molar-refractivity contribution < 1.29 is 23.0 Å². The minimum Gasteiger partial charge on any atom is -0.493 e. The predicted molar refractivity (Wildman–Crippen MR) is 67.4 cm³/mol. The van der Waals surface area contributed by atoms with Crippen LogP contribution in [0.3, 0.4) is 0 Å². The van der Waals surface area contributed by atoms with E-state index in [-0.39, 0.29) is 35.0 Å². The zero-order chi connectivity index (χ0) is 14.6. The Morgan fingerprint density at radius 2 is 1.95 bits per heavy atom. The van der Waals surface area contributed by atoms with Gasteiger partial charge >= 0.3 is 0 Å². The number of ether oxygens (including phenoxy) is 2. The van der Waals surface area contributed by atoms with E-state index < -0.39 is 5.92 Å². The molecular formula is C13H17F2NO3. The average Bonchev–Trinajstić information content (AvgIpc) is 2.36. The van der Waals surface area contributed by atoms with E-state index in [2.05, 4.69) is 5.32 Å². The van der Waals surface area contributed by atoms with Crippen LogP contribution >= 0.6 is 0 Å². The first-order chi connectivity index (χ1) is 8.85. The van der Waals surface area contributed by atoms with E-state index in [4.69, 9.17) is 9.47 Å². The third-order valence-electron chi connectivity index (χ3n) is 2.62. The lowest BCUT2D eigenvalue weighted by atomic mass is 10.0. The summed E-state index contributed by atoms with van der Waals surface area (Å²) in [5, 5.41) is 2.68. The largest absolute Gasteiger partial charge is 0.493 e. The van der Waals surface area contributed by atoms with Crippen molar-refractivity contribution in [3.05, 3.63) is 23.3 Å². The topological polar surface area (TPSA) is 47.6 Å². The van der Waals surface area contributed by atoms with Crippen molar-refractivity contribution in [3.8, 4) is 11.5 Å². The van der Waals surface area contributed by atoms with Gasteiger partial charge in [-0.15, -0.1) is 0 Å². The Morgan fingerprint density at radius 1 is 1.32 bits per heavy atom. The second-order valence-corrected chi connectivity index (χ2v) is 4.10. The zero-order valence-electron chi connectivity index (χ0n) is 11.3. The van der Waals surface area contributed by atoms with Crippen molar-refractivity contribution >= 4 is 5.78 Å². The third kappa shape index (κ3) is 3.41. The Morgan fingerprint density at radius 3 is 2.37 bits per heavy atom. The first kappa shape index (κ1) is 15.4. The van der Waals surface area contributed by atoms with Gasteiger partial charge in [-0.05, 0) is 19.2 Å². The number of nitrogens with one attached hydrogen (secondary N) is 1. The van der Waals surface area contributed by atoms with Crippen LogP contribution in [0.1, 0.15) is 22.8 Å². The van der Waals surface area contributed by atoms with E-state index in [1.165, 1.54) is 20.3 Å². The number of carbonyl (C=O) groups is 1. The molecule has 0 heterocycles. The SMILES string of the molecule is CNCC(=O)c1cc(C(C)(F)F)cc(OC)c1OC. The molecular weight excluding hydrogens is 256 g/mol. The van der Waals surface area contributed by atoms with E-state index in [1.54, 1.807) is 7.05 Å². The molecule has 0 bridgehead atoms. The minimum absolute atomic E-state index is 0.0260. The van der Waals surface area contributed by atoms with Crippen LogP contribution in [-0.4, -0.2) is 33.6 Å². The van der Waals surface area contributed by atoms with Crippen molar-refractivity contribution in [1.82, 2.24) is 5.32 Å². The van der Waals surface area contributed by atoms with Crippen LogP contribution in [0.25, 0.3) is 0 Å². The van der Waals surface area contributed by atoms with Gasteiger partial charge in [0.1, 0.15) is 0 Å². The van der Waals surface area contributed by atoms with Crippen LogP contribution < -0.4 is 14.8 Å². The van der Waals surface area contributed by atoms with E-state index in [0.717, 1.165) is 13.0 Å². The Kier molecular flexibility index (Phi) is 4.83. The highest BCUT2D eigenvalue weighted by Crippen LogP contribution is 2.38. The number of methoxy groups -OCH3 is 2. The fourth-order valence-corrected chi connectivity index (χ4v) is 1.68. The van der Waals surface area contributed by atoms with E-state index in [1.807, 2.05) is 0 Å². The molecule has 4 nitrogen and oxygen atoms in total. The van der Waals surface area contributed by atoms with Crippen LogP contribution in [0, 0.1) is 0 Å². The molecule has 0 spiro atoms. The van der Waals surface area contributed by atoms with Crippen molar-refractivity contribution in [1.29, 1.82) is 0 Å². The van der Waals surface area contributed by atoms with E-state index in [9.17, 15) is 13.6 Å². The average molecular weight is 273 g/mol. The van der Waals surface area contributed by atoms with Gasteiger partial charge in [0.2, 0.25) is 0 Å². The summed E-state index contributed by atoms with van der Waals surface area (Å²) in [5.41, 5.74) is -0.211. The molecule has 0 saturated carbocycles. The van der Waals surface area contributed by atoms with Crippen LogP contribution in [0.15, 0.2) is 12.1 Å². The van der Waals surface area contributed by atoms with Gasteiger partial charge in [-0.1, -0.05) is 0 Å². The van der Waals surface area contributed by atoms with Crippen molar-refractivity contribution in [2.24, 2.45) is 0 Å². The second kappa shape index (κ2) is 5.97. The number of hydrogen-bond donors (Lipinski definition) is 1. The Labute approximate surface area is 110 Å². The van der Waals surface area contributed by atoms with Gasteiger partial charge in [0.15, 0.2) is 17.3 Å². The molecule has 0 aliphatic carbocycles. The van der Waals surface area contributed by atoms with Gasteiger partial charge in [0.25, 0.3) is 5.92 Å². The van der Waals surface area contributed by atoms with Gasteiger partial charge in [-0.25, -0.2) is 8.78 Å². The minimum atomic E-state index is -3.06. The summed E-state index contributed by atoms with van der Waals surface area (Å²) in [7, 11) is 4.29. The summed E-state index contributed by atoms with van der Waals surface area (Å²) < 4.78 is 36.9. The fourth-order valence-electron chi connectivity index (χ4n) is 1.68. The summed E-state index contributed by atoms with van der Waals surface area (Å²) in [4.78, 5) is 11.9. The molecule has 1 rings (SSSR count). The number of halogens is 2. The Bertz CT molecular complexity index is 470. The first-order valence-electron chi connectivity index (χ1n) is 5.67.